The number of ketones is 1. The fourth-order valence-corrected chi connectivity index (χ4v) is 2.57. The first-order valence-electron chi connectivity index (χ1n) is 7.49. The fourth-order valence-electron chi connectivity index (χ4n) is 2.57. The Labute approximate surface area is 142 Å². The van der Waals surface area contributed by atoms with Gasteiger partial charge in [0.25, 0.3) is 5.91 Å². The molecular formula is C18H13NO6. The lowest BCUT2D eigenvalue weighted by atomic mass is 10.1. The largest absolute Gasteiger partial charge is 0.484 e. The molecule has 1 amide bonds. The Kier molecular flexibility index (Phi) is 3.53. The molecule has 0 bridgehead atoms. The van der Waals surface area contributed by atoms with Crippen molar-refractivity contribution in [1.82, 2.24) is 0 Å². The van der Waals surface area contributed by atoms with Crippen molar-refractivity contribution in [3.63, 3.8) is 0 Å². The van der Waals surface area contributed by atoms with Crippen LogP contribution in [-0.4, -0.2) is 25.1 Å². The van der Waals surface area contributed by atoms with Gasteiger partial charge >= 0.3 is 0 Å². The molecule has 2 aromatic carbocycles. The van der Waals surface area contributed by atoms with E-state index in [1.807, 2.05) is 6.07 Å². The molecule has 4 rings (SSSR count). The van der Waals surface area contributed by atoms with Crippen molar-refractivity contribution in [1.29, 1.82) is 0 Å². The van der Waals surface area contributed by atoms with Crippen LogP contribution in [0.1, 0.15) is 15.9 Å². The molecule has 0 saturated carbocycles. The van der Waals surface area contributed by atoms with Gasteiger partial charge in [-0.3, -0.25) is 9.59 Å². The molecule has 2 aromatic rings. The maximum Gasteiger partial charge on any atom is 0.255 e. The summed E-state index contributed by atoms with van der Waals surface area (Å²) in [6.07, 6.45) is 1.63. The van der Waals surface area contributed by atoms with Crippen molar-refractivity contribution in [3.05, 3.63) is 53.3 Å². The predicted molar refractivity (Wildman–Crippen MR) is 86.6 cm³/mol. The molecule has 0 saturated heterocycles. The molecule has 2 aliphatic rings. The van der Waals surface area contributed by atoms with Crippen LogP contribution in [0.4, 0.5) is 0 Å². The second-order valence-corrected chi connectivity index (χ2v) is 5.47. The number of carbonyl (C=O) groups excluding carboxylic acids is 2. The number of Topliss-reactive ketones (excluding diaryl/α,β-unsaturated/α-hetero) is 1. The summed E-state index contributed by atoms with van der Waals surface area (Å²) in [5, 5.41) is 0. The highest BCUT2D eigenvalue weighted by Gasteiger charge is 2.28. The number of ether oxygens (including phenoxy) is 4. The minimum absolute atomic E-state index is 0.185. The highest BCUT2D eigenvalue weighted by atomic mass is 16.7. The number of carbonyl (C=O) groups is 2. The summed E-state index contributed by atoms with van der Waals surface area (Å²) in [6, 6.07) is 10.1. The van der Waals surface area contributed by atoms with Crippen LogP contribution >= 0.6 is 0 Å². The van der Waals surface area contributed by atoms with Gasteiger partial charge in [0, 0.05) is 6.07 Å². The number of fused-ring (bicyclic) bond motifs is 2. The summed E-state index contributed by atoms with van der Waals surface area (Å²) < 4.78 is 21.4. The van der Waals surface area contributed by atoms with Gasteiger partial charge in [0.1, 0.15) is 11.5 Å². The molecule has 0 fully saturated rings. The van der Waals surface area contributed by atoms with Crippen molar-refractivity contribution < 1.29 is 28.5 Å². The maximum absolute atomic E-state index is 12.4. The number of rotatable bonds is 4. The molecule has 2 aliphatic heterocycles. The smallest absolute Gasteiger partial charge is 0.255 e. The molecule has 2 N–H and O–H groups in total. The van der Waals surface area contributed by atoms with E-state index in [4.69, 9.17) is 24.7 Å². The number of amides is 1. The summed E-state index contributed by atoms with van der Waals surface area (Å²) in [5.74, 6) is 1.45. The average Bonchev–Trinajstić information content (AvgIpc) is 3.17. The van der Waals surface area contributed by atoms with Gasteiger partial charge in [0.05, 0.1) is 5.56 Å². The number of allylic oxidation sites excluding steroid dienone is 1. The average molecular weight is 339 g/mol. The van der Waals surface area contributed by atoms with Gasteiger partial charge < -0.3 is 24.7 Å². The first-order chi connectivity index (χ1) is 12.1. The molecular weight excluding hydrogens is 326 g/mol. The zero-order valence-electron chi connectivity index (χ0n) is 13.0. The van der Waals surface area contributed by atoms with Crippen molar-refractivity contribution in [2.75, 3.05) is 13.4 Å². The molecule has 2 heterocycles. The van der Waals surface area contributed by atoms with Gasteiger partial charge in [-0.2, -0.15) is 0 Å². The van der Waals surface area contributed by atoms with Crippen LogP contribution in [0.5, 0.6) is 23.0 Å². The third-order valence-electron chi connectivity index (χ3n) is 3.72. The molecule has 0 spiro atoms. The minimum atomic E-state index is -0.583. The summed E-state index contributed by atoms with van der Waals surface area (Å²) in [5.41, 5.74) is 6.23. The third kappa shape index (κ3) is 2.87. The monoisotopic (exact) mass is 339 g/mol. The Morgan fingerprint density at radius 3 is 2.80 bits per heavy atom. The van der Waals surface area contributed by atoms with Crippen molar-refractivity contribution in [2.24, 2.45) is 5.73 Å². The van der Waals surface area contributed by atoms with Crippen molar-refractivity contribution in [2.45, 2.75) is 0 Å². The Bertz CT molecular complexity index is 918. The lowest BCUT2D eigenvalue weighted by Crippen LogP contribution is -2.19. The highest BCUT2D eigenvalue weighted by molar-refractivity contribution is 6.14. The first kappa shape index (κ1) is 15.1. The normalized spacial score (nSPS) is 15.8. The van der Waals surface area contributed by atoms with Crippen LogP contribution in [0.2, 0.25) is 0 Å². The quantitative estimate of drug-likeness (QED) is 0.855. The van der Waals surface area contributed by atoms with Crippen LogP contribution in [0.15, 0.2) is 42.2 Å². The summed E-state index contributed by atoms with van der Waals surface area (Å²) in [6.45, 7) is -0.0586. The Morgan fingerprint density at radius 1 is 1.12 bits per heavy atom. The maximum atomic E-state index is 12.4. The van der Waals surface area contributed by atoms with E-state index in [9.17, 15) is 9.59 Å². The summed E-state index contributed by atoms with van der Waals surface area (Å²) in [4.78, 5) is 23.2. The van der Waals surface area contributed by atoms with Gasteiger partial charge in [-0.05, 0) is 35.9 Å². The number of benzene rings is 2. The molecule has 126 valence electrons. The molecule has 0 unspecified atom stereocenters. The van der Waals surface area contributed by atoms with E-state index in [1.54, 1.807) is 36.4 Å². The second kappa shape index (κ2) is 5.86. The third-order valence-corrected chi connectivity index (χ3v) is 3.72. The number of hydrogen-bond acceptors (Lipinski definition) is 6. The molecule has 0 radical (unpaired) electrons. The van der Waals surface area contributed by atoms with E-state index in [1.165, 1.54) is 0 Å². The number of nitrogens with two attached hydrogens (primary N) is 1. The van der Waals surface area contributed by atoms with Gasteiger partial charge in [-0.1, -0.05) is 6.07 Å². The second-order valence-electron chi connectivity index (χ2n) is 5.47. The first-order valence-corrected chi connectivity index (χ1v) is 7.49. The van der Waals surface area contributed by atoms with E-state index >= 15 is 0 Å². The van der Waals surface area contributed by atoms with Gasteiger partial charge in [-0.25, -0.2) is 0 Å². The Morgan fingerprint density at radius 2 is 1.96 bits per heavy atom. The topological polar surface area (TPSA) is 97.1 Å². The van der Waals surface area contributed by atoms with Crippen molar-refractivity contribution in [3.8, 4) is 23.0 Å². The van der Waals surface area contributed by atoms with Gasteiger partial charge in [0.2, 0.25) is 12.6 Å². The van der Waals surface area contributed by atoms with Crippen LogP contribution < -0.4 is 24.7 Å². The standard InChI is InChI=1S/C18H13NO6/c19-17(20)8-22-11-2-3-12-14(7-11)25-16(18(12)21)6-10-1-4-13-15(5-10)24-9-23-13/h1-7H,8-9H2,(H2,19,20)/b16-6-. The molecule has 7 heteroatoms. The number of primary amides is 1. The summed E-state index contributed by atoms with van der Waals surface area (Å²) >= 11 is 0. The van der Waals surface area contributed by atoms with E-state index in [-0.39, 0.29) is 24.9 Å². The van der Waals surface area contributed by atoms with Crippen LogP contribution in [0, 0.1) is 0 Å². The molecule has 7 nitrogen and oxygen atoms in total. The van der Waals surface area contributed by atoms with Gasteiger partial charge in [-0.15, -0.1) is 0 Å². The van der Waals surface area contributed by atoms with E-state index < -0.39 is 5.91 Å². The number of hydrogen-bond donors (Lipinski definition) is 1. The fraction of sp³-hybridized carbons (Fsp3) is 0.111. The minimum Gasteiger partial charge on any atom is -0.484 e. The summed E-state index contributed by atoms with van der Waals surface area (Å²) in [7, 11) is 0. The molecule has 0 atom stereocenters. The van der Waals surface area contributed by atoms with E-state index in [0.717, 1.165) is 5.56 Å². The van der Waals surface area contributed by atoms with Crippen LogP contribution in [-0.2, 0) is 4.79 Å². The van der Waals surface area contributed by atoms with Crippen molar-refractivity contribution >= 4 is 17.8 Å². The molecule has 25 heavy (non-hydrogen) atoms. The van der Waals surface area contributed by atoms with E-state index in [2.05, 4.69) is 0 Å². The lowest BCUT2D eigenvalue weighted by Gasteiger charge is -2.04. The molecule has 0 aromatic heterocycles. The predicted octanol–water partition coefficient (Wildman–Crippen LogP) is 1.90. The SMILES string of the molecule is NC(=O)COc1ccc2c(c1)O/C(=C\c1ccc3c(c1)OCO3)C2=O. The molecule has 0 aliphatic carbocycles. The zero-order chi connectivity index (χ0) is 17.4. The van der Waals surface area contributed by atoms with E-state index in [0.29, 0.717) is 28.6 Å². The highest BCUT2D eigenvalue weighted by Crippen LogP contribution is 2.36. The zero-order valence-corrected chi connectivity index (χ0v) is 13.0. The van der Waals surface area contributed by atoms with Crippen LogP contribution in [0.3, 0.4) is 0 Å². The van der Waals surface area contributed by atoms with Gasteiger partial charge in [0.15, 0.2) is 23.9 Å². The van der Waals surface area contributed by atoms with Crippen LogP contribution in [0.25, 0.3) is 6.08 Å². The Balaban J connectivity index is 1.58. The Hall–Kier alpha value is -3.48. The lowest BCUT2D eigenvalue weighted by molar-refractivity contribution is -0.119.